The minimum Gasteiger partial charge on any atom is -0.384 e. The highest BCUT2D eigenvalue weighted by Crippen LogP contribution is 2.27. The molecule has 0 aliphatic carbocycles. The quantitative estimate of drug-likeness (QED) is 0.861. The second-order valence-electron chi connectivity index (χ2n) is 3.83. The second kappa shape index (κ2) is 6.18. The zero-order valence-electron chi connectivity index (χ0n) is 9.81. The largest absolute Gasteiger partial charge is 0.384 e. The predicted molar refractivity (Wildman–Crippen MR) is 64.7 cm³/mol. The Balaban J connectivity index is 3.03. The van der Waals surface area contributed by atoms with Crippen molar-refractivity contribution in [3.63, 3.8) is 0 Å². The number of benzene rings is 1. The van der Waals surface area contributed by atoms with Crippen molar-refractivity contribution >= 4 is 11.6 Å². The van der Waals surface area contributed by atoms with Gasteiger partial charge in [-0.3, -0.25) is 0 Å². The van der Waals surface area contributed by atoms with Crippen LogP contribution in [0.4, 0.5) is 4.39 Å². The molecule has 90 valence electrons. The summed E-state index contributed by atoms with van der Waals surface area (Å²) in [6.07, 6.45) is 0. The molecule has 1 atom stereocenters. The standard InChI is InChI=1S/C12H17ClFNO/c1-8-4-11(13)10(5-12(8)14)9(6-15-2)7-16-3/h4-5,9,15H,6-7H2,1-3H3. The number of halogens is 2. The van der Waals surface area contributed by atoms with E-state index < -0.39 is 0 Å². The number of ether oxygens (including phenoxy) is 1. The van der Waals surface area contributed by atoms with Crippen LogP contribution in [0.2, 0.25) is 5.02 Å². The monoisotopic (exact) mass is 245 g/mol. The van der Waals surface area contributed by atoms with Crippen LogP contribution in [-0.4, -0.2) is 27.3 Å². The van der Waals surface area contributed by atoms with Crippen LogP contribution in [0.15, 0.2) is 12.1 Å². The van der Waals surface area contributed by atoms with E-state index in [0.717, 1.165) is 5.56 Å². The lowest BCUT2D eigenvalue weighted by Crippen LogP contribution is -2.21. The van der Waals surface area contributed by atoms with Gasteiger partial charge in [-0.15, -0.1) is 0 Å². The predicted octanol–water partition coefficient (Wildman–Crippen LogP) is 2.74. The van der Waals surface area contributed by atoms with E-state index in [1.807, 2.05) is 7.05 Å². The molecule has 1 aromatic carbocycles. The lowest BCUT2D eigenvalue weighted by Gasteiger charge is -2.18. The molecule has 0 saturated carbocycles. The zero-order chi connectivity index (χ0) is 12.1. The maximum Gasteiger partial charge on any atom is 0.126 e. The third kappa shape index (κ3) is 3.17. The molecule has 0 aliphatic rings. The Morgan fingerprint density at radius 2 is 2.19 bits per heavy atom. The normalized spacial score (nSPS) is 12.8. The van der Waals surface area contributed by atoms with E-state index in [0.29, 0.717) is 23.7 Å². The molecule has 1 aromatic rings. The topological polar surface area (TPSA) is 21.3 Å². The average molecular weight is 246 g/mol. The van der Waals surface area contributed by atoms with Crippen molar-refractivity contribution in [2.45, 2.75) is 12.8 Å². The molecule has 2 nitrogen and oxygen atoms in total. The maximum atomic E-state index is 13.5. The number of aryl methyl sites for hydroxylation is 1. The minimum absolute atomic E-state index is 0.0672. The summed E-state index contributed by atoms with van der Waals surface area (Å²) in [6.45, 7) is 2.92. The lowest BCUT2D eigenvalue weighted by atomic mass is 9.98. The fourth-order valence-corrected chi connectivity index (χ4v) is 2.05. The number of hydrogen-bond donors (Lipinski definition) is 1. The van der Waals surface area contributed by atoms with Gasteiger partial charge < -0.3 is 10.1 Å². The van der Waals surface area contributed by atoms with Gasteiger partial charge in [-0.1, -0.05) is 11.6 Å². The first kappa shape index (κ1) is 13.4. The molecule has 0 amide bonds. The van der Waals surface area contributed by atoms with Gasteiger partial charge in [-0.2, -0.15) is 0 Å². The highest BCUT2D eigenvalue weighted by molar-refractivity contribution is 6.31. The fraction of sp³-hybridized carbons (Fsp3) is 0.500. The summed E-state index contributed by atoms with van der Waals surface area (Å²) >= 11 is 6.12. The fourth-order valence-electron chi connectivity index (χ4n) is 1.68. The van der Waals surface area contributed by atoms with Crippen molar-refractivity contribution in [2.24, 2.45) is 0 Å². The van der Waals surface area contributed by atoms with Crippen molar-refractivity contribution in [1.29, 1.82) is 0 Å². The number of hydrogen-bond acceptors (Lipinski definition) is 2. The first-order chi connectivity index (χ1) is 7.60. The molecule has 0 bridgehead atoms. The molecule has 0 spiro atoms. The van der Waals surface area contributed by atoms with Crippen molar-refractivity contribution in [2.75, 3.05) is 27.3 Å². The van der Waals surface area contributed by atoms with Gasteiger partial charge in [0.2, 0.25) is 0 Å². The molecule has 16 heavy (non-hydrogen) atoms. The van der Waals surface area contributed by atoms with E-state index in [1.54, 1.807) is 20.1 Å². The molecule has 1 rings (SSSR count). The van der Waals surface area contributed by atoms with Crippen molar-refractivity contribution in [1.82, 2.24) is 5.32 Å². The molecule has 0 fully saturated rings. The lowest BCUT2D eigenvalue weighted by molar-refractivity contribution is 0.178. The number of methoxy groups -OCH3 is 1. The van der Waals surface area contributed by atoms with E-state index in [4.69, 9.17) is 16.3 Å². The summed E-state index contributed by atoms with van der Waals surface area (Å²) in [5, 5.41) is 3.64. The number of likely N-dealkylation sites (N-methyl/N-ethyl adjacent to an activating group) is 1. The molecule has 4 heteroatoms. The third-order valence-electron chi connectivity index (χ3n) is 2.54. The van der Waals surface area contributed by atoms with Gasteiger partial charge in [0.1, 0.15) is 5.82 Å². The van der Waals surface area contributed by atoms with Gasteiger partial charge in [0.05, 0.1) is 6.61 Å². The summed E-state index contributed by atoms with van der Waals surface area (Å²) in [5.41, 5.74) is 1.36. The first-order valence-electron chi connectivity index (χ1n) is 5.19. The summed E-state index contributed by atoms with van der Waals surface area (Å²) in [6, 6.07) is 3.16. The average Bonchev–Trinajstić information content (AvgIpc) is 2.23. The van der Waals surface area contributed by atoms with E-state index in [-0.39, 0.29) is 11.7 Å². The number of nitrogens with one attached hydrogen (secondary N) is 1. The molecule has 0 aromatic heterocycles. The zero-order valence-corrected chi connectivity index (χ0v) is 10.6. The number of rotatable bonds is 5. The third-order valence-corrected chi connectivity index (χ3v) is 2.86. The van der Waals surface area contributed by atoms with Crippen molar-refractivity contribution < 1.29 is 9.13 Å². The Morgan fingerprint density at radius 1 is 1.50 bits per heavy atom. The van der Waals surface area contributed by atoms with Gasteiger partial charge in [-0.25, -0.2) is 4.39 Å². The van der Waals surface area contributed by atoms with Crippen LogP contribution in [0.1, 0.15) is 17.0 Å². The van der Waals surface area contributed by atoms with E-state index in [2.05, 4.69) is 5.32 Å². The van der Waals surface area contributed by atoms with E-state index in [9.17, 15) is 4.39 Å². The molecular formula is C12H17ClFNO. The van der Waals surface area contributed by atoms with E-state index >= 15 is 0 Å². The summed E-state index contributed by atoms with van der Waals surface area (Å²) in [5.74, 6) is -0.158. The van der Waals surface area contributed by atoms with Gasteiger partial charge in [0.15, 0.2) is 0 Å². The van der Waals surface area contributed by atoms with Crippen molar-refractivity contribution in [3.05, 3.63) is 34.1 Å². The van der Waals surface area contributed by atoms with Crippen LogP contribution in [0.3, 0.4) is 0 Å². The van der Waals surface area contributed by atoms with Crippen LogP contribution < -0.4 is 5.32 Å². The molecule has 0 saturated heterocycles. The molecule has 0 heterocycles. The Morgan fingerprint density at radius 3 is 2.75 bits per heavy atom. The molecule has 1 unspecified atom stereocenters. The Bertz CT molecular complexity index is 351. The Kier molecular flexibility index (Phi) is 5.19. The van der Waals surface area contributed by atoms with Gasteiger partial charge in [-0.05, 0) is 37.2 Å². The summed E-state index contributed by atoms with van der Waals surface area (Å²) in [4.78, 5) is 0. The summed E-state index contributed by atoms with van der Waals surface area (Å²) < 4.78 is 18.6. The first-order valence-corrected chi connectivity index (χ1v) is 5.57. The smallest absolute Gasteiger partial charge is 0.126 e. The highest BCUT2D eigenvalue weighted by atomic mass is 35.5. The summed E-state index contributed by atoms with van der Waals surface area (Å²) in [7, 11) is 3.47. The molecule has 0 aliphatic heterocycles. The maximum absolute atomic E-state index is 13.5. The van der Waals surface area contributed by atoms with Crippen LogP contribution in [0, 0.1) is 12.7 Å². The molecule has 1 N–H and O–H groups in total. The Hall–Kier alpha value is -0.640. The van der Waals surface area contributed by atoms with Gasteiger partial charge in [0, 0.05) is 24.6 Å². The molecular weight excluding hydrogens is 229 g/mol. The second-order valence-corrected chi connectivity index (χ2v) is 4.24. The minimum atomic E-state index is -0.225. The van der Waals surface area contributed by atoms with Gasteiger partial charge >= 0.3 is 0 Å². The highest BCUT2D eigenvalue weighted by Gasteiger charge is 2.16. The van der Waals surface area contributed by atoms with Crippen LogP contribution >= 0.6 is 11.6 Å². The van der Waals surface area contributed by atoms with Crippen LogP contribution in [0.25, 0.3) is 0 Å². The van der Waals surface area contributed by atoms with Crippen molar-refractivity contribution in [3.8, 4) is 0 Å². The van der Waals surface area contributed by atoms with Crippen LogP contribution in [0.5, 0.6) is 0 Å². The van der Waals surface area contributed by atoms with E-state index in [1.165, 1.54) is 6.07 Å². The SMILES string of the molecule is CNCC(COC)c1cc(F)c(C)cc1Cl. The van der Waals surface area contributed by atoms with Gasteiger partial charge in [0.25, 0.3) is 0 Å². The van der Waals surface area contributed by atoms with Crippen LogP contribution in [-0.2, 0) is 4.74 Å². The Labute approximate surface area is 101 Å². The molecule has 0 radical (unpaired) electrons.